The van der Waals surface area contributed by atoms with E-state index in [2.05, 4.69) is 10.2 Å². The summed E-state index contributed by atoms with van der Waals surface area (Å²) in [6.07, 6.45) is 2.04. The van der Waals surface area contributed by atoms with Crippen molar-refractivity contribution in [1.29, 1.82) is 0 Å². The maximum absolute atomic E-state index is 11.3. The summed E-state index contributed by atoms with van der Waals surface area (Å²) in [6, 6.07) is 11.8. The quantitative estimate of drug-likeness (QED) is 0.679. The van der Waals surface area contributed by atoms with E-state index in [-0.39, 0.29) is 11.2 Å². The summed E-state index contributed by atoms with van der Waals surface area (Å²) in [5.74, 6) is 1.35. The molecule has 122 valence electrons. The zero-order valence-corrected chi connectivity index (χ0v) is 13.8. The Kier molecular flexibility index (Phi) is 3.86. The molecule has 2 aromatic heterocycles. The van der Waals surface area contributed by atoms with Crippen LogP contribution >= 0.6 is 11.8 Å². The number of rotatable bonds is 4. The molecule has 4 rings (SSSR count). The fourth-order valence-electron chi connectivity index (χ4n) is 2.66. The van der Waals surface area contributed by atoms with Gasteiger partial charge >= 0.3 is 5.97 Å². The molecule has 1 aromatic carbocycles. The third kappa shape index (κ3) is 2.71. The van der Waals surface area contributed by atoms with Crippen molar-refractivity contribution in [2.45, 2.75) is 23.8 Å². The average Bonchev–Trinajstić information content (AvgIpc) is 3.29. The van der Waals surface area contributed by atoms with Gasteiger partial charge in [-0.15, -0.1) is 10.2 Å². The Bertz CT molecular complexity index is 872. The minimum absolute atomic E-state index is 0.0578. The molecule has 1 saturated heterocycles. The first-order valence-corrected chi connectivity index (χ1v) is 8.48. The molecule has 1 fully saturated rings. The number of hydrogen-bond acceptors (Lipinski definition) is 6. The maximum Gasteiger partial charge on any atom is 0.307 e. The number of carbonyl (C=O) groups excluding carboxylic acids is 1. The van der Waals surface area contributed by atoms with Gasteiger partial charge in [0.1, 0.15) is 12.4 Å². The van der Waals surface area contributed by atoms with Crippen molar-refractivity contribution < 1.29 is 13.9 Å². The van der Waals surface area contributed by atoms with Crippen molar-refractivity contribution in [1.82, 2.24) is 14.8 Å². The van der Waals surface area contributed by atoms with E-state index in [1.54, 1.807) is 6.26 Å². The molecule has 24 heavy (non-hydrogen) atoms. The van der Waals surface area contributed by atoms with Gasteiger partial charge in [0.25, 0.3) is 0 Å². The van der Waals surface area contributed by atoms with E-state index < -0.39 is 0 Å². The number of carbonyl (C=O) groups is 1. The molecule has 0 saturated carbocycles. The molecule has 1 unspecified atom stereocenters. The lowest BCUT2D eigenvalue weighted by atomic mass is 10.2. The highest BCUT2D eigenvalue weighted by Gasteiger charge is 2.28. The summed E-state index contributed by atoms with van der Waals surface area (Å²) < 4.78 is 12.5. The molecule has 1 aliphatic rings. The highest BCUT2D eigenvalue weighted by Crippen LogP contribution is 2.34. The Hall–Kier alpha value is -2.54. The van der Waals surface area contributed by atoms with Gasteiger partial charge in [0, 0.05) is 5.69 Å². The van der Waals surface area contributed by atoms with Crippen LogP contribution in [0.25, 0.3) is 17.1 Å². The number of aryl methyl sites for hydroxylation is 1. The summed E-state index contributed by atoms with van der Waals surface area (Å²) in [5.41, 5.74) is 1.86. The van der Waals surface area contributed by atoms with Crippen LogP contribution in [0.5, 0.6) is 0 Å². The van der Waals surface area contributed by atoms with Gasteiger partial charge in [-0.1, -0.05) is 30.0 Å². The molecule has 1 aliphatic heterocycles. The number of benzene rings is 1. The van der Waals surface area contributed by atoms with E-state index in [4.69, 9.17) is 9.15 Å². The third-order valence-corrected chi connectivity index (χ3v) is 4.96. The lowest BCUT2D eigenvalue weighted by molar-refractivity contribution is -0.137. The summed E-state index contributed by atoms with van der Waals surface area (Å²) in [4.78, 5) is 11.3. The second kappa shape index (κ2) is 6.16. The van der Waals surface area contributed by atoms with Gasteiger partial charge < -0.3 is 9.15 Å². The van der Waals surface area contributed by atoms with Gasteiger partial charge in [0.2, 0.25) is 0 Å². The predicted molar refractivity (Wildman–Crippen MR) is 89.0 cm³/mol. The van der Waals surface area contributed by atoms with Crippen molar-refractivity contribution in [3.63, 3.8) is 0 Å². The molecule has 0 amide bonds. The molecule has 0 bridgehead atoms. The first-order chi connectivity index (χ1) is 11.7. The number of aromatic nitrogens is 3. The second-order valence-electron chi connectivity index (χ2n) is 5.49. The van der Waals surface area contributed by atoms with E-state index in [1.165, 1.54) is 11.8 Å². The van der Waals surface area contributed by atoms with Crippen LogP contribution in [0.2, 0.25) is 0 Å². The zero-order valence-electron chi connectivity index (χ0n) is 13.0. The van der Waals surface area contributed by atoms with Gasteiger partial charge in [-0.05, 0) is 25.1 Å². The van der Waals surface area contributed by atoms with Crippen LogP contribution < -0.4 is 0 Å². The molecule has 0 N–H and O–H groups in total. The minimum Gasteiger partial charge on any atom is -0.469 e. The van der Waals surface area contributed by atoms with Gasteiger partial charge in [-0.2, -0.15) is 0 Å². The number of nitrogens with zero attached hydrogens (tertiary/aromatic N) is 3. The van der Waals surface area contributed by atoms with Gasteiger partial charge in [0.05, 0.1) is 23.5 Å². The number of cyclic esters (lactones) is 1. The molecule has 1 atom stereocenters. The van der Waals surface area contributed by atoms with E-state index in [1.807, 2.05) is 47.9 Å². The molecule has 0 aliphatic carbocycles. The second-order valence-corrected chi connectivity index (χ2v) is 6.76. The number of thioether (sulfide) groups is 1. The molecule has 0 spiro atoms. The van der Waals surface area contributed by atoms with Gasteiger partial charge in [-0.25, -0.2) is 0 Å². The Morgan fingerprint density at radius 3 is 2.71 bits per heavy atom. The van der Waals surface area contributed by atoms with Crippen LogP contribution in [0.1, 0.15) is 12.2 Å². The highest BCUT2D eigenvalue weighted by molar-refractivity contribution is 7.99. The van der Waals surface area contributed by atoms with Crippen LogP contribution in [0, 0.1) is 6.92 Å². The van der Waals surface area contributed by atoms with Crippen LogP contribution in [-0.2, 0) is 9.53 Å². The highest BCUT2D eigenvalue weighted by atomic mass is 32.2. The third-order valence-electron chi connectivity index (χ3n) is 3.84. The Morgan fingerprint density at radius 2 is 2.04 bits per heavy atom. The van der Waals surface area contributed by atoms with Gasteiger partial charge in [-0.3, -0.25) is 9.36 Å². The van der Waals surface area contributed by atoms with E-state index in [0.29, 0.717) is 13.0 Å². The van der Waals surface area contributed by atoms with Crippen molar-refractivity contribution in [2.24, 2.45) is 0 Å². The van der Waals surface area contributed by atoms with Crippen LogP contribution in [0.4, 0.5) is 0 Å². The Morgan fingerprint density at radius 1 is 1.21 bits per heavy atom. The van der Waals surface area contributed by atoms with Crippen molar-refractivity contribution in [2.75, 3.05) is 6.61 Å². The monoisotopic (exact) mass is 341 g/mol. The lowest BCUT2D eigenvalue weighted by Gasteiger charge is -2.11. The van der Waals surface area contributed by atoms with Crippen molar-refractivity contribution in [3.05, 3.63) is 48.4 Å². The molecule has 0 radical (unpaired) electrons. The fraction of sp³-hybridized carbons (Fsp3) is 0.235. The smallest absolute Gasteiger partial charge is 0.307 e. The normalized spacial score (nSPS) is 17.2. The van der Waals surface area contributed by atoms with Crippen molar-refractivity contribution >= 4 is 17.7 Å². The first-order valence-electron chi connectivity index (χ1n) is 7.60. The zero-order chi connectivity index (χ0) is 16.5. The number of furan rings is 1. The van der Waals surface area contributed by atoms with Crippen LogP contribution in [-0.4, -0.2) is 32.6 Å². The van der Waals surface area contributed by atoms with Crippen LogP contribution in [0.3, 0.4) is 0 Å². The SMILES string of the molecule is Cc1occc1-c1nnc(SC2COC(=O)C2)n1-c1ccccc1. The molecule has 7 heteroatoms. The molecule has 3 aromatic rings. The number of ether oxygens (including phenoxy) is 1. The summed E-state index contributed by atoms with van der Waals surface area (Å²) in [6.45, 7) is 2.31. The number of esters is 1. The topological polar surface area (TPSA) is 70.2 Å². The van der Waals surface area contributed by atoms with Gasteiger partial charge in [0.15, 0.2) is 11.0 Å². The average molecular weight is 341 g/mol. The summed E-state index contributed by atoms with van der Waals surface area (Å²) >= 11 is 1.51. The molecule has 6 nitrogen and oxygen atoms in total. The number of para-hydroxylation sites is 1. The summed E-state index contributed by atoms with van der Waals surface area (Å²) in [7, 11) is 0. The molecule has 3 heterocycles. The Balaban J connectivity index is 1.78. The minimum atomic E-state index is -0.163. The van der Waals surface area contributed by atoms with E-state index in [0.717, 1.165) is 28.0 Å². The molecular weight excluding hydrogens is 326 g/mol. The van der Waals surface area contributed by atoms with E-state index in [9.17, 15) is 4.79 Å². The maximum atomic E-state index is 11.3. The summed E-state index contributed by atoms with van der Waals surface area (Å²) in [5, 5.41) is 9.50. The standard InChI is InChI=1S/C17H15N3O3S/c1-11-14(7-8-22-11)16-18-19-17(24-13-9-15(21)23-10-13)20(16)12-5-3-2-4-6-12/h2-8,13H,9-10H2,1H3. The lowest BCUT2D eigenvalue weighted by Crippen LogP contribution is -2.05. The van der Waals surface area contributed by atoms with Crippen LogP contribution in [0.15, 0.2) is 52.2 Å². The fourth-order valence-corrected chi connectivity index (χ4v) is 3.70. The largest absolute Gasteiger partial charge is 0.469 e. The number of hydrogen-bond donors (Lipinski definition) is 0. The Labute approximate surface area is 142 Å². The predicted octanol–water partition coefficient (Wildman–Crippen LogP) is 3.24. The van der Waals surface area contributed by atoms with Crippen molar-refractivity contribution in [3.8, 4) is 17.1 Å². The molecular formula is C17H15N3O3S. The van der Waals surface area contributed by atoms with E-state index >= 15 is 0 Å². The first kappa shape index (κ1) is 15.0.